The molecule has 0 bridgehead atoms. The molecule has 0 saturated carbocycles. The molecule has 2 heterocycles. The molecule has 21 heavy (non-hydrogen) atoms. The molecule has 0 unspecified atom stereocenters. The largest absolute Gasteiger partial charge is 0.339 e. The third-order valence-corrected chi connectivity index (χ3v) is 3.31. The van der Waals surface area contributed by atoms with Crippen molar-refractivity contribution in [1.82, 2.24) is 19.9 Å². The highest BCUT2D eigenvalue weighted by Crippen LogP contribution is 2.08. The van der Waals surface area contributed by atoms with E-state index in [1.807, 2.05) is 0 Å². The lowest BCUT2D eigenvalue weighted by atomic mass is 10.1. The summed E-state index contributed by atoms with van der Waals surface area (Å²) < 4.78 is 0. The Hall–Kier alpha value is -2.18. The number of nitrogens with one attached hydrogen (secondary N) is 3. The number of nitrogens with zero attached hydrogens (tertiary/aromatic N) is 2. The summed E-state index contributed by atoms with van der Waals surface area (Å²) in [6.45, 7) is 2.18. The van der Waals surface area contributed by atoms with Gasteiger partial charge in [-0.1, -0.05) is 39.0 Å². The smallest absolute Gasteiger partial charge is 0.278 e. The Morgan fingerprint density at radius 1 is 1.24 bits per heavy atom. The number of carbonyl (C=O) groups is 1. The van der Waals surface area contributed by atoms with Gasteiger partial charge in [0.1, 0.15) is 0 Å². The highest BCUT2D eigenvalue weighted by molar-refractivity contribution is 5.89. The predicted octanol–water partition coefficient (Wildman–Crippen LogP) is 2.34. The molecule has 0 aromatic carbocycles. The molecule has 2 aromatic rings. The lowest BCUT2D eigenvalue weighted by molar-refractivity contribution is -0.116. The van der Waals surface area contributed by atoms with E-state index in [4.69, 9.17) is 0 Å². The van der Waals surface area contributed by atoms with Crippen LogP contribution in [0.25, 0.3) is 11.2 Å². The van der Waals surface area contributed by atoms with Crippen LogP contribution in [0.15, 0.2) is 11.1 Å². The zero-order chi connectivity index (χ0) is 15.1. The van der Waals surface area contributed by atoms with E-state index in [9.17, 15) is 9.59 Å². The van der Waals surface area contributed by atoms with Gasteiger partial charge in [-0.05, 0) is 6.42 Å². The summed E-state index contributed by atoms with van der Waals surface area (Å²) >= 11 is 0. The molecule has 3 N–H and O–H groups in total. The number of hydrogen-bond acceptors (Lipinski definition) is 4. The van der Waals surface area contributed by atoms with Crippen molar-refractivity contribution < 1.29 is 4.79 Å². The SMILES string of the molecule is CCCCCCCCC(=O)Nc1nc2nc[nH]c2c(=O)[nH]1. The van der Waals surface area contributed by atoms with E-state index < -0.39 is 0 Å². The number of aromatic nitrogens is 4. The van der Waals surface area contributed by atoms with Crippen molar-refractivity contribution in [3.05, 3.63) is 16.7 Å². The van der Waals surface area contributed by atoms with Crippen molar-refractivity contribution in [2.45, 2.75) is 51.9 Å². The molecular weight excluding hydrogens is 270 g/mol. The number of carbonyl (C=O) groups excluding carboxylic acids is 1. The summed E-state index contributed by atoms with van der Waals surface area (Å²) in [5.41, 5.74) is 0.268. The van der Waals surface area contributed by atoms with Crippen molar-refractivity contribution in [3.8, 4) is 0 Å². The van der Waals surface area contributed by atoms with Crippen LogP contribution in [-0.2, 0) is 4.79 Å². The number of aromatic amines is 2. The van der Waals surface area contributed by atoms with E-state index in [1.54, 1.807) is 0 Å². The number of rotatable bonds is 8. The van der Waals surface area contributed by atoms with Crippen molar-refractivity contribution in [2.75, 3.05) is 5.32 Å². The summed E-state index contributed by atoms with van der Waals surface area (Å²) in [5.74, 6) is 0.0131. The first-order valence-corrected chi connectivity index (χ1v) is 7.44. The number of hydrogen-bond donors (Lipinski definition) is 3. The van der Waals surface area contributed by atoms with Crippen molar-refractivity contribution in [2.24, 2.45) is 0 Å². The molecular formula is C14H21N5O2. The Bertz CT molecular complexity index is 646. The number of anilines is 1. The maximum atomic E-state index is 11.8. The molecule has 1 amide bonds. The highest BCUT2D eigenvalue weighted by Gasteiger charge is 2.08. The van der Waals surface area contributed by atoms with E-state index in [2.05, 4.69) is 32.2 Å². The van der Waals surface area contributed by atoms with Gasteiger partial charge in [-0.2, -0.15) is 4.98 Å². The molecule has 0 aliphatic rings. The van der Waals surface area contributed by atoms with Gasteiger partial charge in [0, 0.05) is 6.42 Å². The van der Waals surface area contributed by atoms with E-state index in [0.29, 0.717) is 17.6 Å². The van der Waals surface area contributed by atoms with Crippen molar-refractivity contribution >= 4 is 23.0 Å². The van der Waals surface area contributed by atoms with Crippen LogP contribution in [0.5, 0.6) is 0 Å². The number of unbranched alkanes of at least 4 members (excludes halogenated alkanes) is 5. The fraction of sp³-hybridized carbons (Fsp3) is 0.571. The van der Waals surface area contributed by atoms with Gasteiger partial charge in [0.05, 0.1) is 6.33 Å². The van der Waals surface area contributed by atoms with Gasteiger partial charge in [-0.25, -0.2) is 4.98 Å². The molecule has 0 spiro atoms. The third kappa shape index (κ3) is 4.40. The second-order valence-corrected chi connectivity index (χ2v) is 5.08. The summed E-state index contributed by atoms with van der Waals surface area (Å²) in [6.07, 6.45) is 8.60. The molecule has 0 saturated heterocycles. The Morgan fingerprint density at radius 2 is 2.00 bits per heavy atom. The van der Waals surface area contributed by atoms with E-state index in [0.717, 1.165) is 19.3 Å². The van der Waals surface area contributed by atoms with Gasteiger partial charge in [0.25, 0.3) is 5.56 Å². The summed E-state index contributed by atoms with van der Waals surface area (Å²) in [7, 11) is 0. The van der Waals surface area contributed by atoms with Crippen LogP contribution in [0.2, 0.25) is 0 Å². The first-order chi connectivity index (χ1) is 10.2. The molecule has 0 aliphatic heterocycles. The van der Waals surface area contributed by atoms with Crippen LogP contribution in [0.4, 0.5) is 5.95 Å². The lowest BCUT2D eigenvalue weighted by Gasteiger charge is -2.04. The molecule has 2 rings (SSSR count). The minimum Gasteiger partial charge on any atom is -0.339 e. The fourth-order valence-electron chi connectivity index (χ4n) is 2.16. The Kier molecular flexibility index (Phi) is 5.48. The van der Waals surface area contributed by atoms with Crippen LogP contribution in [0, 0.1) is 0 Å². The van der Waals surface area contributed by atoms with Crippen LogP contribution >= 0.6 is 0 Å². The normalized spacial score (nSPS) is 10.9. The minimum absolute atomic E-state index is 0.136. The molecule has 114 valence electrons. The number of fused-ring (bicyclic) bond motifs is 1. The van der Waals surface area contributed by atoms with Crippen molar-refractivity contribution in [1.29, 1.82) is 0 Å². The van der Waals surface area contributed by atoms with Gasteiger partial charge in [-0.15, -0.1) is 0 Å². The van der Waals surface area contributed by atoms with Gasteiger partial charge in [0.2, 0.25) is 11.9 Å². The standard InChI is InChI=1S/C14H21N5O2/c1-2-3-4-5-6-7-8-10(20)17-14-18-12-11(13(21)19-14)15-9-16-12/h9H,2-8H2,1H3,(H3,15,16,17,18,19,20,21). The van der Waals surface area contributed by atoms with Crippen molar-refractivity contribution in [3.63, 3.8) is 0 Å². The van der Waals surface area contributed by atoms with Gasteiger partial charge >= 0.3 is 0 Å². The average Bonchev–Trinajstić information content (AvgIpc) is 2.91. The Morgan fingerprint density at radius 3 is 2.81 bits per heavy atom. The highest BCUT2D eigenvalue weighted by atomic mass is 16.2. The van der Waals surface area contributed by atoms with Crippen LogP contribution < -0.4 is 10.9 Å². The number of imidazole rings is 1. The zero-order valence-electron chi connectivity index (χ0n) is 12.2. The Labute approximate surface area is 122 Å². The van der Waals surface area contributed by atoms with Gasteiger partial charge < -0.3 is 4.98 Å². The van der Waals surface area contributed by atoms with E-state index in [-0.39, 0.29) is 17.4 Å². The molecule has 0 atom stereocenters. The van der Waals surface area contributed by atoms with E-state index in [1.165, 1.54) is 25.6 Å². The number of amides is 1. The zero-order valence-corrected chi connectivity index (χ0v) is 12.2. The molecule has 0 radical (unpaired) electrons. The summed E-state index contributed by atoms with van der Waals surface area (Å²) in [4.78, 5) is 36.7. The summed E-state index contributed by atoms with van der Waals surface area (Å²) in [5, 5.41) is 2.61. The van der Waals surface area contributed by atoms with Crippen LogP contribution in [0.1, 0.15) is 51.9 Å². The topological polar surface area (TPSA) is 104 Å². The van der Waals surface area contributed by atoms with Crippen LogP contribution in [0.3, 0.4) is 0 Å². The maximum Gasteiger partial charge on any atom is 0.278 e. The predicted molar refractivity (Wildman–Crippen MR) is 81.1 cm³/mol. The quantitative estimate of drug-likeness (QED) is 0.649. The molecule has 0 aliphatic carbocycles. The first kappa shape index (κ1) is 15.2. The first-order valence-electron chi connectivity index (χ1n) is 7.44. The van der Waals surface area contributed by atoms with Crippen LogP contribution in [-0.4, -0.2) is 25.8 Å². The Balaban J connectivity index is 1.80. The summed E-state index contributed by atoms with van der Waals surface area (Å²) in [6, 6.07) is 0. The second kappa shape index (κ2) is 7.56. The number of H-pyrrole nitrogens is 2. The monoisotopic (exact) mass is 291 g/mol. The van der Waals surface area contributed by atoms with Gasteiger partial charge in [0.15, 0.2) is 11.2 Å². The molecule has 2 aromatic heterocycles. The average molecular weight is 291 g/mol. The lowest BCUT2D eigenvalue weighted by Crippen LogP contribution is -2.18. The van der Waals surface area contributed by atoms with Gasteiger partial charge in [-0.3, -0.25) is 19.9 Å². The third-order valence-electron chi connectivity index (χ3n) is 3.31. The van der Waals surface area contributed by atoms with E-state index >= 15 is 0 Å². The molecule has 7 nitrogen and oxygen atoms in total. The molecule has 7 heteroatoms. The second-order valence-electron chi connectivity index (χ2n) is 5.08. The molecule has 0 fully saturated rings. The fourth-order valence-corrected chi connectivity index (χ4v) is 2.16. The minimum atomic E-state index is -0.340. The maximum absolute atomic E-state index is 11.8.